The Morgan fingerprint density at radius 1 is 1.05 bits per heavy atom. The lowest BCUT2D eigenvalue weighted by atomic mass is 10.0. The van der Waals surface area contributed by atoms with Gasteiger partial charge in [0.1, 0.15) is 11.9 Å². The van der Waals surface area contributed by atoms with Crippen LogP contribution < -0.4 is 24.8 Å². The van der Waals surface area contributed by atoms with E-state index in [9.17, 15) is 19.2 Å². The molecule has 0 aromatic heterocycles. The molecule has 4 bridgehead atoms. The molecule has 4 heterocycles. The number of amides is 4. The molecule has 224 valence electrons. The predicted molar refractivity (Wildman–Crippen MR) is 153 cm³/mol. The molecule has 4 amide bonds. The molecule has 2 N–H and O–H groups in total. The SMILES string of the molecule is COc1ccc2cc1OCC(=O)NCc1ccc(cc1)O[C@@H]1CCN(C(=O)CCN3CCCCCC3=O)C[C@@H]1NC2=O. The Kier molecular flexibility index (Phi) is 9.45. The van der Waals surface area contributed by atoms with Crippen LogP contribution in [0.1, 0.15) is 54.4 Å². The Labute approximate surface area is 245 Å². The summed E-state index contributed by atoms with van der Waals surface area (Å²) in [4.78, 5) is 55.0. The summed E-state index contributed by atoms with van der Waals surface area (Å²) in [5.41, 5.74) is 1.22. The number of rotatable bonds is 4. The van der Waals surface area contributed by atoms with Crippen LogP contribution in [-0.2, 0) is 20.9 Å². The van der Waals surface area contributed by atoms with Crippen molar-refractivity contribution in [1.29, 1.82) is 0 Å². The van der Waals surface area contributed by atoms with Gasteiger partial charge in [-0.3, -0.25) is 19.2 Å². The van der Waals surface area contributed by atoms with Crippen LogP contribution in [0.4, 0.5) is 0 Å². The highest BCUT2D eigenvalue weighted by Gasteiger charge is 2.34. The minimum Gasteiger partial charge on any atom is -0.493 e. The first-order valence-corrected chi connectivity index (χ1v) is 14.6. The average molecular weight is 579 g/mol. The lowest BCUT2D eigenvalue weighted by molar-refractivity contribution is -0.135. The third-order valence-corrected chi connectivity index (χ3v) is 7.97. The summed E-state index contributed by atoms with van der Waals surface area (Å²) in [5, 5.41) is 5.89. The normalized spacial score (nSPS) is 21.6. The topological polar surface area (TPSA) is 127 Å². The molecule has 11 nitrogen and oxygen atoms in total. The van der Waals surface area contributed by atoms with E-state index >= 15 is 0 Å². The maximum Gasteiger partial charge on any atom is 0.258 e. The van der Waals surface area contributed by atoms with Gasteiger partial charge < -0.3 is 34.6 Å². The number of ether oxygens (including phenoxy) is 3. The van der Waals surface area contributed by atoms with Gasteiger partial charge in [0.05, 0.1) is 13.2 Å². The van der Waals surface area contributed by atoms with Crippen molar-refractivity contribution in [3.8, 4) is 17.2 Å². The van der Waals surface area contributed by atoms with Crippen LogP contribution in [0.2, 0.25) is 0 Å². The molecule has 4 aliphatic rings. The van der Waals surface area contributed by atoms with Crippen molar-refractivity contribution in [2.45, 2.75) is 57.2 Å². The minimum absolute atomic E-state index is 0.0511. The number of piperidine rings is 1. The lowest BCUT2D eigenvalue weighted by Gasteiger charge is -2.39. The molecular formula is C31H38N4O7. The van der Waals surface area contributed by atoms with E-state index in [0.29, 0.717) is 56.1 Å². The van der Waals surface area contributed by atoms with E-state index in [4.69, 9.17) is 14.2 Å². The van der Waals surface area contributed by atoms with Gasteiger partial charge in [-0.15, -0.1) is 0 Å². The molecule has 2 fully saturated rings. The van der Waals surface area contributed by atoms with E-state index in [1.165, 1.54) is 13.2 Å². The third-order valence-electron chi connectivity index (χ3n) is 7.97. The van der Waals surface area contributed by atoms with Gasteiger partial charge in [-0.2, -0.15) is 0 Å². The number of hydrogen-bond acceptors (Lipinski definition) is 7. The van der Waals surface area contributed by atoms with E-state index in [1.54, 1.807) is 21.9 Å². The van der Waals surface area contributed by atoms with Crippen molar-refractivity contribution in [3.05, 3.63) is 53.6 Å². The first-order chi connectivity index (χ1) is 20.4. The molecule has 2 aromatic carbocycles. The first kappa shape index (κ1) is 29.2. The quantitative estimate of drug-likeness (QED) is 0.570. The lowest BCUT2D eigenvalue weighted by Crippen LogP contribution is -2.58. The summed E-state index contributed by atoms with van der Waals surface area (Å²) in [6, 6.07) is 11.7. The molecule has 2 saturated heterocycles. The standard InChI is InChI=1S/C31H38N4O7/c1-40-26-11-8-22-17-27(26)41-20-28(36)32-18-21-6-9-23(10-7-21)42-25-12-15-35(19-24(25)33-31(22)39)30(38)13-16-34-14-4-2-3-5-29(34)37/h6-11,17,24-25H,2-5,12-16,18-20H2,1H3,(H,32,36)(H,33,39)/t24-,25+/m0/s1. The van der Waals surface area contributed by atoms with Gasteiger partial charge >= 0.3 is 0 Å². The fraction of sp³-hybridized carbons (Fsp3) is 0.484. The van der Waals surface area contributed by atoms with Crippen molar-refractivity contribution in [2.75, 3.05) is 39.9 Å². The number of nitrogens with one attached hydrogen (secondary N) is 2. The minimum atomic E-state index is -0.486. The molecule has 0 unspecified atom stereocenters. The van der Waals surface area contributed by atoms with Crippen LogP contribution >= 0.6 is 0 Å². The van der Waals surface area contributed by atoms with Crippen LogP contribution in [0, 0.1) is 0 Å². The van der Waals surface area contributed by atoms with Gasteiger partial charge in [0.25, 0.3) is 11.8 Å². The van der Waals surface area contributed by atoms with Crippen molar-refractivity contribution >= 4 is 23.6 Å². The van der Waals surface area contributed by atoms with Gasteiger partial charge in [-0.1, -0.05) is 18.6 Å². The second kappa shape index (κ2) is 13.6. The molecular weight excluding hydrogens is 540 g/mol. The maximum atomic E-state index is 13.5. The highest BCUT2D eigenvalue weighted by molar-refractivity contribution is 5.95. The van der Waals surface area contributed by atoms with E-state index in [-0.39, 0.29) is 55.1 Å². The molecule has 0 saturated carbocycles. The Morgan fingerprint density at radius 3 is 2.69 bits per heavy atom. The van der Waals surface area contributed by atoms with Gasteiger partial charge in [-0.05, 0) is 48.7 Å². The molecule has 0 aliphatic carbocycles. The van der Waals surface area contributed by atoms with Crippen LogP contribution in [0.3, 0.4) is 0 Å². The molecule has 11 heteroatoms. The number of hydrogen-bond donors (Lipinski definition) is 2. The Balaban J connectivity index is 1.34. The van der Waals surface area contributed by atoms with E-state index < -0.39 is 6.04 Å². The van der Waals surface area contributed by atoms with E-state index in [2.05, 4.69) is 10.6 Å². The smallest absolute Gasteiger partial charge is 0.258 e. The van der Waals surface area contributed by atoms with Crippen LogP contribution in [-0.4, -0.2) is 85.5 Å². The predicted octanol–water partition coefficient (Wildman–Crippen LogP) is 2.27. The summed E-state index contributed by atoms with van der Waals surface area (Å²) < 4.78 is 17.4. The highest BCUT2D eigenvalue weighted by Crippen LogP contribution is 2.29. The molecule has 2 aromatic rings. The van der Waals surface area contributed by atoms with Gasteiger partial charge in [0.2, 0.25) is 11.8 Å². The second-order valence-electron chi connectivity index (χ2n) is 10.9. The Hall–Kier alpha value is -4.28. The number of fused-ring (bicyclic) bond motifs is 7. The number of carbonyl (C=O) groups excluding carboxylic acids is 4. The Bertz CT molecular complexity index is 1300. The highest BCUT2D eigenvalue weighted by atomic mass is 16.5. The zero-order valence-corrected chi connectivity index (χ0v) is 23.9. The summed E-state index contributed by atoms with van der Waals surface area (Å²) in [6.45, 7) is 1.94. The number of likely N-dealkylation sites (tertiary alicyclic amines) is 2. The average Bonchev–Trinajstić information content (AvgIpc) is 3.22. The maximum absolute atomic E-state index is 13.5. The molecule has 6 rings (SSSR count). The van der Waals surface area contributed by atoms with Crippen LogP contribution in [0.15, 0.2) is 42.5 Å². The number of carbonyl (C=O) groups is 4. The number of benzene rings is 2. The van der Waals surface area contributed by atoms with Crippen molar-refractivity contribution < 1.29 is 33.4 Å². The van der Waals surface area contributed by atoms with Gasteiger partial charge in [-0.25, -0.2) is 0 Å². The number of nitrogens with zero attached hydrogens (tertiary/aromatic N) is 2. The third kappa shape index (κ3) is 7.32. The summed E-state index contributed by atoms with van der Waals surface area (Å²) in [5.74, 6) is 0.679. The first-order valence-electron chi connectivity index (χ1n) is 14.6. The second-order valence-corrected chi connectivity index (χ2v) is 10.9. The van der Waals surface area contributed by atoms with Crippen molar-refractivity contribution in [3.63, 3.8) is 0 Å². The summed E-state index contributed by atoms with van der Waals surface area (Å²) in [7, 11) is 1.49. The largest absolute Gasteiger partial charge is 0.493 e. The van der Waals surface area contributed by atoms with E-state index in [0.717, 1.165) is 24.8 Å². The molecule has 0 spiro atoms. The zero-order valence-electron chi connectivity index (χ0n) is 23.9. The monoisotopic (exact) mass is 578 g/mol. The van der Waals surface area contributed by atoms with Crippen molar-refractivity contribution in [1.82, 2.24) is 20.4 Å². The van der Waals surface area contributed by atoms with Crippen molar-refractivity contribution in [2.24, 2.45) is 0 Å². The zero-order chi connectivity index (χ0) is 29.5. The molecule has 42 heavy (non-hydrogen) atoms. The molecule has 0 radical (unpaired) electrons. The summed E-state index contributed by atoms with van der Waals surface area (Å²) >= 11 is 0. The van der Waals surface area contributed by atoms with Gasteiger partial charge in [0.15, 0.2) is 18.1 Å². The summed E-state index contributed by atoms with van der Waals surface area (Å²) in [6.07, 6.45) is 3.82. The van der Waals surface area contributed by atoms with Gasteiger partial charge in [0, 0.05) is 57.5 Å². The molecule has 2 atom stereocenters. The molecule has 4 aliphatic heterocycles. The van der Waals surface area contributed by atoms with E-state index in [1.807, 2.05) is 24.3 Å². The van der Waals surface area contributed by atoms with Crippen LogP contribution in [0.25, 0.3) is 0 Å². The Morgan fingerprint density at radius 2 is 1.88 bits per heavy atom. The fourth-order valence-electron chi connectivity index (χ4n) is 5.54. The van der Waals surface area contributed by atoms with Crippen LogP contribution in [0.5, 0.6) is 17.2 Å². The fourth-order valence-corrected chi connectivity index (χ4v) is 5.54. The number of methoxy groups -OCH3 is 1.